The first-order chi connectivity index (χ1) is 19.2. The number of aryl methyl sites for hydroxylation is 2. The minimum absolute atomic E-state index is 0.0740. The lowest BCUT2D eigenvalue weighted by molar-refractivity contribution is -0.137. The van der Waals surface area contributed by atoms with Crippen LogP contribution in [0, 0.1) is 13.8 Å². The van der Waals surface area contributed by atoms with Crippen LogP contribution in [0.5, 0.6) is 0 Å². The Hall–Kier alpha value is -3.88. The van der Waals surface area contributed by atoms with Crippen LogP contribution in [-0.2, 0) is 16.1 Å². The lowest BCUT2D eigenvalue weighted by Crippen LogP contribution is -2.41. The Morgan fingerprint density at radius 2 is 1.52 bits per heavy atom. The molecule has 1 aromatic heterocycles. The molecule has 1 N–H and O–H groups in total. The fourth-order valence-electron chi connectivity index (χ4n) is 4.24. The fraction of sp³-hybridized carbons (Fsp3) is 0.226. The van der Waals surface area contributed by atoms with Gasteiger partial charge < -0.3 is 15.1 Å². The highest BCUT2D eigenvalue weighted by Gasteiger charge is 2.32. The molecular weight excluding hydrogens is 542 g/mol. The molecule has 4 aromatic rings. The van der Waals surface area contributed by atoms with Crippen molar-refractivity contribution in [2.75, 3.05) is 30.1 Å². The van der Waals surface area contributed by atoms with Crippen LogP contribution < -0.4 is 10.2 Å². The summed E-state index contributed by atoms with van der Waals surface area (Å²) in [4.78, 5) is 40.3. The van der Waals surface area contributed by atoms with E-state index < -0.39 is 6.04 Å². The summed E-state index contributed by atoms with van der Waals surface area (Å²) in [6.07, 6.45) is 0. The first-order valence-corrected chi connectivity index (χ1v) is 14.2. The number of hydrogen-bond acceptors (Lipinski definition) is 6. The van der Waals surface area contributed by atoms with Crippen LogP contribution in [0.4, 0.5) is 11.4 Å². The third kappa shape index (κ3) is 7.83. The summed E-state index contributed by atoms with van der Waals surface area (Å²) >= 11 is 7.44. The predicted molar refractivity (Wildman–Crippen MR) is 163 cm³/mol. The van der Waals surface area contributed by atoms with E-state index in [1.807, 2.05) is 93.5 Å². The molecule has 0 saturated carbocycles. The SMILES string of the molecule is Cc1cc(C)nc(SCC(=O)N(Cc2ccccc2)C(C(=O)Nc2ccc(N(C)C)cc2)c2ccc(Cl)cc2)n1. The molecule has 4 rings (SSSR count). The van der Waals surface area contributed by atoms with Gasteiger partial charge in [0.25, 0.3) is 5.91 Å². The lowest BCUT2D eigenvalue weighted by atomic mass is 10.0. The van der Waals surface area contributed by atoms with Crippen molar-refractivity contribution >= 4 is 46.6 Å². The Labute approximate surface area is 244 Å². The quantitative estimate of drug-likeness (QED) is 0.177. The second kappa shape index (κ2) is 13.5. The second-order valence-corrected chi connectivity index (χ2v) is 11.0. The zero-order chi connectivity index (χ0) is 28.6. The van der Waals surface area contributed by atoms with Gasteiger partial charge in [0.05, 0.1) is 5.75 Å². The number of anilines is 2. The number of thioether (sulfide) groups is 1. The fourth-order valence-corrected chi connectivity index (χ4v) is 5.20. The molecule has 0 radical (unpaired) electrons. The van der Waals surface area contributed by atoms with Crippen molar-refractivity contribution < 1.29 is 9.59 Å². The maximum absolute atomic E-state index is 13.9. The first kappa shape index (κ1) is 29.1. The molecule has 0 aliphatic rings. The van der Waals surface area contributed by atoms with Crippen LogP contribution in [0.1, 0.15) is 28.6 Å². The highest BCUT2D eigenvalue weighted by Crippen LogP contribution is 2.28. The molecule has 1 unspecified atom stereocenters. The molecule has 0 aliphatic heterocycles. The molecular formula is C31H32ClN5O2S. The molecule has 7 nitrogen and oxygen atoms in total. The number of nitrogens with zero attached hydrogens (tertiary/aromatic N) is 4. The summed E-state index contributed by atoms with van der Waals surface area (Å²) in [5.41, 5.74) is 4.89. The summed E-state index contributed by atoms with van der Waals surface area (Å²) in [5.74, 6) is -0.462. The summed E-state index contributed by atoms with van der Waals surface area (Å²) in [5, 5.41) is 4.09. The Balaban J connectivity index is 1.67. The molecule has 1 heterocycles. The Kier molecular flexibility index (Phi) is 9.79. The van der Waals surface area contributed by atoms with Gasteiger partial charge >= 0.3 is 0 Å². The average molecular weight is 574 g/mol. The van der Waals surface area contributed by atoms with E-state index in [0.29, 0.717) is 21.4 Å². The van der Waals surface area contributed by atoms with Gasteiger partial charge in [-0.05, 0) is 67.4 Å². The number of rotatable bonds is 10. The minimum atomic E-state index is -0.903. The normalized spacial score (nSPS) is 11.5. The molecule has 206 valence electrons. The Morgan fingerprint density at radius 1 is 0.900 bits per heavy atom. The van der Waals surface area contributed by atoms with Gasteiger partial charge in [0.2, 0.25) is 5.91 Å². The number of hydrogen-bond donors (Lipinski definition) is 1. The van der Waals surface area contributed by atoms with Crippen LogP contribution >= 0.6 is 23.4 Å². The number of halogens is 1. The molecule has 1 atom stereocenters. The smallest absolute Gasteiger partial charge is 0.251 e. The van der Waals surface area contributed by atoms with Gasteiger partial charge in [-0.3, -0.25) is 9.59 Å². The minimum Gasteiger partial charge on any atom is -0.378 e. The van der Waals surface area contributed by atoms with Crippen LogP contribution in [0.3, 0.4) is 0 Å². The summed E-state index contributed by atoms with van der Waals surface area (Å²) in [6, 6.07) is 25.2. The highest BCUT2D eigenvalue weighted by atomic mass is 35.5. The van der Waals surface area contributed by atoms with Crippen LogP contribution in [-0.4, -0.2) is 46.5 Å². The van der Waals surface area contributed by atoms with E-state index in [0.717, 1.165) is 22.6 Å². The maximum Gasteiger partial charge on any atom is 0.251 e. The van der Waals surface area contributed by atoms with Gasteiger partial charge in [-0.25, -0.2) is 9.97 Å². The summed E-state index contributed by atoms with van der Waals surface area (Å²) in [6.45, 7) is 4.04. The van der Waals surface area contributed by atoms with E-state index in [-0.39, 0.29) is 24.1 Å². The van der Waals surface area contributed by atoms with Gasteiger partial charge in [-0.2, -0.15) is 0 Å². The maximum atomic E-state index is 13.9. The number of nitrogens with one attached hydrogen (secondary N) is 1. The van der Waals surface area contributed by atoms with Gasteiger partial charge in [0.1, 0.15) is 6.04 Å². The molecule has 0 spiro atoms. The predicted octanol–water partition coefficient (Wildman–Crippen LogP) is 6.31. The van der Waals surface area contributed by atoms with E-state index in [4.69, 9.17) is 11.6 Å². The third-order valence-corrected chi connectivity index (χ3v) is 7.28. The molecule has 0 aliphatic carbocycles. The third-order valence-electron chi connectivity index (χ3n) is 6.20. The van der Waals surface area contributed by atoms with Gasteiger partial charge in [0, 0.05) is 48.4 Å². The van der Waals surface area contributed by atoms with Crippen molar-refractivity contribution in [3.8, 4) is 0 Å². The average Bonchev–Trinajstić information content (AvgIpc) is 2.93. The second-order valence-electron chi connectivity index (χ2n) is 9.61. The number of aromatic nitrogens is 2. The zero-order valence-corrected chi connectivity index (χ0v) is 24.5. The Morgan fingerprint density at radius 3 is 2.12 bits per heavy atom. The van der Waals surface area contributed by atoms with Crippen LogP contribution in [0.2, 0.25) is 5.02 Å². The van der Waals surface area contributed by atoms with Crippen molar-refractivity contribution in [2.45, 2.75) is 31.6 Å². The zero-order valence-electron chi connectivity index (χ0n) is 23.0. The number of carbonyl (C=O) groups excluding carboxylic acids is 2. The van der Waals surface area contributed by atoms with Gasteiger partial charge in [-0.1, -0.05) is 65.8 Å². The van der Waals surface area contributed by atoms with E-state index in [9.17, 15) is 9.59 Å². The van der Waals surface area contributed by atoms with E-state index >= 15 is 0 Å². The number of carbonyl (C=O) groups is 2. The summed E-state index contributed by atoms with van der Waals surface area (Å²) in [7, 11) is 3.91. The van der Waals surface area contributed by atoms with Gasteiger partial charge in [-0.15, -0.1) is 0 Å². The molecule has 0 saturated heterocycles. The molecule has 40 heavy (non-hydrogen) atoms. The molecule has 0 fully saturated rings. The molecule has 2 amide bonds. The van der Waals surface area contributed by atoms with E-state index in [2.05, 4.69) is 15.3 Å². The van der Waals surface area contributed by atoms with E-state index in [1.54, 1.807) is 29.2 Å². The van der Waals surface area contributed by atoms with Gasteiger partial charge in [0.15, 0.2) is 5.16 Å². The number of amides is 2. The lowest BCUT2D eigenvalue weighted by Gasteiger charge is -2.31. The summed E-state index contributed by atoms with van der Waals surface area (Å²) < 4.78 is 0. The van der Waals surface area contributed by atoms with E-state index in [1.165, 1.54) is 11.8 Å². The monoisotopic (exact) mass is 573 g/mol. The van der Waals surface area contributed by atoms with Crippen molar-refractivity contribution in [1.82, 2.24) is 14.9 Å². The molecule has 9 heteroatoms. The molecule has 0 bridgehead atoms. The Bertz CT molecular complexity index is 1430. The van der Waals surface area contributed by atoms with Crippen molar-refractivity contribution in [3.63, 3.8) is 0 Å². The highest BCUT2D eigenvalue weighted by molar-refractivity contribution is 7.99. The number of benzene rings is 3. The topological polar surface area (TPSA) is 78.4 Å². The molecule has 3 aromatic carbocycles. The van der Waals surface area contributed by atoms with Crippen LogP contribution in [0.25, 0.3) is 0 Å². The van der Waals surface area contributed by atoms with Crippen LogP contribution in [0.15, 0.2) is 90.1 Å². The standard InChI is InChI=1S/C31H32ClN5O2S/c1-21-18-22(2)34-31(33-21)40-20-28(38)37(19-23-8-6-5-7-9-23)29(24-10-12-25(32)13-11-24)30(39)35-26-14-16-27(17-15-26)36(3)4/h5-18,29H,19-20H2,1-4H3,(H,35,39). The van der Waals surface area contributed by atoms with Crippen molar-refractivity contribution in [3.05, 3.63) is 112 Å². The van der Waals surface area contributed by atoms with Crippen molar-refractivity contribution in [2.24, 2.45) is 0 Å². The first-order valence-electron chi connectivity index (χ1n) is 12.8. The van der Waals surface area contributed by atoms with Crippen molar-refractivity contribution in [1.29, 1.82) is 0 Å². The largest absolute Gasteiger partial charge is 0.378 e.